The number of para-hydroxylation sites is 1. The quantitative estimate of drug-likeness (QED) is 0.859. The molecule has 0 bridgehead atoms. The minimum Gasteiger partial charge on any atom is -0.324 e. The first-order valence-corrected chi connectivity index (χ1v) is 6.30. The van der Waals surface area contributed by atoms with E-state index in [2.05, 4.69) is 5.32 Å². The van der Waals surface area contributed by atoms with E-state index in [-0.39, 0.29) is 5.91 Å². The highest BCUT2D eigenvalue weighted by atomic mass is 32.2. The third-order valence-electron chi connectivity index (χ3n) is 2.17. The summed E-state index contributed by atoms with van der Waals surface area (Å²) in [5, 5.41) is 10.8. The first-order chi connectivity index (χ1) is 7.56. The molecule has 2 atom stereocenters. The van der Waals surface area contributed by atoms with Crippen molar-refractivity contribution in [1.29, 1.82) is 5.26 Å². The average Bonchev–Trinajstić information content (AvgIpc) is 2.28. The Hall–Kier alpha value is -1.67. The van der Waals surface area contributed by atoms with E-state index in [9.17, 15) is 9.00 Å². The second-order valence-electron chi connectivity index (χ2n) is 3.29. The van der Waals surface area contributed by atoms with Gasteiger partial charge in [0.05, 0.1) is 11.3 Å². The minimum atomic E-state index is -1.22. The second kappa shape index (κ2) is 5.42. The first-order valence-electron chi connectivity index (χ1n) is 4.68. The number of rotatable bonds is 3. The smallest absolute Gasteiger partial charge is 0.239 e. The van der Waals surface area contributed by atoms with Crippen molar-refractivity contribution >= 4 is 22.4 Å². The number of nitriles is 1. The number of hydrogen-bond acceptors (Lipinski definition) is 3. The maximum atomic E-state index is 11.6. The number of amides is 1. The molecular formula is C11H12N2O2S. The lowest BCUT2D eigenvalue weighted by atomic mass is 10.2. The predicted octanol–water partition coefficient (Wildman–Crippen LogP) is 1.26. The zero-order valence-corrected chi connectivity index (χ0v) is 9.88. The Morgan fingerprint density at radius 3 is 2.69 bits per heavy atom. The van der Waals surface area contributed by atoms with Crippen LogP contribution in [-0.2, 0) is 15.6 Å². The topological polar surface area (TPSA) is 70.0 Å². The van der Waals surface area contributed by atoms with Crippen LogP contribution in [0.25, 0.3) is 0 Å². The molecule has 1 amide bonds. The number of carbonyl (C=O) groups excluding carboxylic acids is 1. The van der Waals surface area contributed by atoms with Crippen molar-refractivity contribution in [2.45, 2.75) is 12.2 Å². The van der Waals surface area contributed by atoms with Crippen molar-refractivity contribution in [3.8, 4) is 6.07 Å². The van der Waals surface area contributed by atoms with E-state index < -0.39 is 16.0 Å². The SMILES string of the molecule is CC(C(=O)Nc1ccccc1C#N)S(C)=O. The van der Waals surface area contributed by atoms with Crippen LogP contribution in [0.2, 0.25) is 0 Å². The Morgan fingerprint density at radius 1 is 1.50 bits per heavy atom. The molecule has 1 aromatic carbocycles. The van der Waals surface area contributed by atoms with Crippen LogP contribution < -0.4 is 5.32 Å². The summed E-state index contributed by atoms with van der Waals surface area (Å²) in [6.07, 6.45) is 1.47. The number of benzene rings is 1. The first kappa shape index (κ1) is 12.4. The van der Waals surface area contributed by atoms with Gasteiger partial charge in [-0.05, 0) is 19.1 Å². The second-order valence-corrected chi connectivity index (χ2v) is 4.99. The van der Waals surface area contributed by atoms with Crippen LogP contribution in [0.15, 0.2) is 24.3 Å². The van der Waals surface area contributed by atoms with Gasteiger partial charge in [0.1, 0.15) is 11.3 Å². The van der Waals surface area contributed by atoms with Crippen molar-refractivity contribution in [2.24, 2.45) is 0 Å². The number of anilines is 1. The highest BCUT2D eigenvalue weighted by molar-refractivity contribution is 7.85. The largest absolute Gasteiger partial charge is 0.324 e. The molecule has 0 aliphatic heterocycles. The van der Waals surface area contributed by atoms with E-state index in [1.807, 2.05) is 6.07 Å². The Labute approximate surface area is 96.7 Å². The number of nitrogens with zero attached hydrogens (tertiary/aromatic N) is 1. The van der Waals surface area contributed by atoms with Crippen molar-refractivity contribution in [1.82, 2.24) is 0 Å². The molecule has 2 unspecified atom stereocenters. The van der Waals surface area contributed by atoms with Crippen LogP contribution in [0.5, 0.6) is 0 Å². The monoisotopic (exact) mass is 236 g/mol. The fourth-order valence-corrected chi connectivity index (χ4v) is 1.44. The molecule has 0 saturated heterocycles. The molecule has 16 heavy (non-hydrogen) atoms. The number of nitrogens with one attached hydrogen (secondary N) is 1. The van der Waals surface area contributed by atoms with E-state index >= 15 is 0 Å². The summed E-state index contributed by atoms with van der Waals surface area (Å²) >= 11 is 0. The Balaban J connectivity index is 2.86. The summed E-state index contributed by atoms with van der Waals surface area (Å²) in [7, 11) is -1.22. The lowest BCUT2D eigenvalue weighted by molar-refractivity contribution is -0.115. The summed E-state index contributed by atoms with van der Waals surface area (Å²) in [5.41, 5.74) is 0.845. The fraction of sp³-hybridized carbons (Fsp3) is 0.273. The highest BCUT2D eigenvalue weighted by Crippen LogP contribution is 2.14. The number of hydrogen-bond donors (Lipinski definition) is 1. The molecule has 1 N–H and O–H groups in total. The van der Waals surface area contributed by atoms with Gasteiger partial charge in [-0.2, -0.15) is 5.26 Å². The molecule has 0 aliphatic carbocycles. The minimum absolute atomic E-state index is 0.344. The Kier molecular flexibility index (Phi) is 4.20. The lowest BCUT2D eigenvalue weighted by Crippen LogP contribution is -2.28. The summed E-state index contributed by atoms with van der Waals surface area (Å²) in [5.74, 6) is -0.344. The maximum Gasteiger partial charge on any atom is 0.239 e. The van der Waals surface area contributed by atoms with Gasteiger partial charge in [0.15, 0.2) is 0 Å². The molecule has 0 saturated carbocycles. The molecule has 0 fully saturated rings. The third-order valence-corrected chi connectivity index (χ3v) is 3.38. The van der Waals surface area contributed by atoms with Gasteiger partial charge in [-0.25, -0.2) is 0 Å². The lowest BCUT2D eigenvalue weighted by Gasteiger charge is -2.10. The molecule has 0 aromatic heterocycles. The summed E-state index contributed by atoms with van der Waals surface area (Å²) in [6, 6.07) is 8.68. The van der Waals surface area contributed by atoms with Gasteiger partial charge in [-0.1, -0.05) is 12.1 Å². The molecule has 0 aliphatic rings. The van der Waals surface area contributed by atoms with E-state index in [1.54, 1.807) is 31.2 Å². The molecule has 0 heterocycles. The molecule has 84 valence electrons. The van der Waals surface area contributed by atoms with Crippen LogP contribution in [0.3, 0.4) is 0 Å². The van der Waals surface area contributed by atoms with Crippen LogP contribution in [0.4, 0.5) is 5.69 Å². The Morgan fingerprint density at radius 2 is 2.12 bits per heavy atom. The highest BCUT2D eigenvalue weighted by Gasteiger charge is 2.17. The fourth-order valence-electron chi connectivity index (χ4n) is 1.07. The van der Waals surface area contributed by atoms with Crippen LogP contribution in [0.1, 0.15) is 12.5 Å². The summed E-state index contributed by atoms with van der Waals surface area (Å²) in [4.78, 5) is 11.6. The van der Waals surface area contributed by atoms with Gasteiger partial charge in [0.2, 0.25) is 5.91 Å². The molecular weight excluding hydrogens is 224 g/mol. The van der Waals surface area contributed by atoms with Gasteiger partial charge >= 0.3 is 0 Å². The van der Waals surface area contributed by atoms with E-state index in [1.165, 1.54) is 6.26 Å². The zero-order chi connectivity index (χ0) is 12.1. The molecule has 0 radical (unpaired) electrons. The van der Waals surface area contributed by atoms with Crippen molar-refractivity contribution < 1.29 is 9.00 Å². The van der Waals surface area contributed by atoms with E-state index in [0.717, 1.165) is 0 Å². The molecule has 1 aromatic rings. The van der Waals surface area contributed by atoms with Crippen LogP contribution in [0, 0.1) is 11.3 Å². The summed E-state index contributed by atoms with van der Waals surface area (Å²) < 4.78 is 11.1. The van der Waals surface area contributed by atoms with Crippen molar-refractivity contribution in [2.75, 3.05) is 11.6 Å². The van der Waals surface area contributed by atoms with Crippen molar-refractivity contribution in [3.05, 3.63) is 29.8 Å². The molecule has 1 rings (SSSR count). The van der Waals surface area contributed by atoms with E-state index in [0.29, 0.717) is 11.3 Å². The van der Waals surface area contributed by atoms with Gasteiger partial charge in [-0.3, -0.25) is 9.00 Å². The van der Waals surface area contributed by atoms with Gasteiger partial charge in [0, 0.05) is 17.1 Å². The predicted molar refractivity (Wildman–Crippen MR) is 63.3 cm³/mol. The molecule has 0 spiro atoms. The van der Waals surface area contributed by atoms with Crippen LogP contribution >= 0.6 is 0 Å². The Bertz CT molecular complexity index is 465. The molecule has 4 nitrogen and oxygen atoms in total. The maximum absolute atomic E-state index is 11.6. The van der Waals surface area contributed by atoms with E-state index in [4.69, 9.17) is 5.26 Å². The molecule has 5 heteroatoms. The standard InChI is InChI=1S/C11H12N2O2S/c1-8(16(2)15)11(14)13-10-6-4-3-5-9(10)7-12/h3-6,8H,1-2H3,(H,13,14). The van der Waals surface area contributed by atoms with Crippen molar-refractivity contribution in [3.63, 3.8) is 0 Å². The number of carbonyl (C=O) groups is 1. The third kappa shape index (κ3) is 2.91. The average molecular weight is 236 g/mol. The van der Waals surface area contributed by atoms with Gasteiger partial charge in [0.25, 0.3) is 0 Å². The van der Waals surface area contributed by atoms with Crippen LogP contribution in [-0.4, -0.2) is 21.6 Å². The zero-order valence-electron chi connectivity index (χ0n) is 9.06. The van der Waals surface area contributed by atoms with Gasteiger partial charge in [-0.15, -0.1) is 0 Å². The normalized spacial score (nSPS) is 13.6. The summed E-state index contributed by atoms with van der Waals surface area (Å²) in [6.45, 7) is 1.58. The van der Waals surface area contributed by atoms with Gasteiger partial charge < -0.3 is 5.32 Å².